The summed E-state index contributed by atoms with van der Waals surface area (Å²) in [7, 11) is 0. The fourth-order valence-electron chi connectivity index (χ4n) is 4.39. The summed E-state index contributed by atoms with van der Waals surface area (Å²) in [6, 6.07) is 17.9. The second-order valence-corrected chi connectivity index (χ2v) is 8.76. The van der Waals surface area contributed by atoms with Crippen molar-refractivity contribution in [2.24, 2.45) is 5.92 Å². The monoisotopic (exact) mass is 430 g/mol. The molecule has 166 valence electrons. The number of hydrogen-bond acceptors (Lipinski definition) is 3. The van der Waals surface area contributed by atoms with Crippen molar-refractivity contribution in [1.82, 2.24) is 14.7 Å². The molecule has 0 saturated carbocycles. The van der Waals surface area contributed by atoms with Crippen molar-refractivity contribution in [3.05, 3.63) is 77.0 Å². The zero-order valence-corrected chi connectivity index (χ0v) is 19.0. The van der Waals surface area contributed by atoms with Crippen molar-refractivity contribution in [3.63, 3.8) is 0 Å². The summed E-state index contributed by atoms with van der Waals surface area (Å²) >= 11 is 0. The van der Waals surface area contributed by atoms with E-state index >= 15 is 0 Å². The van der Waals surface area contributed by atoms with E-state index in [2.05, 4.69) is 28.6 Å². The minimum atomic E-state index is -0.230. The molecule has 1 N–H and O–H groups in total. The quantitative estimate of drug-likeness (QED) is 0.659. The van der Waals surface area contributed by atoms with E-state index in [0.717, 1.165) is 40.9 Å². The minimum Gasteiger partial charge on any atom is -0.342 e. The van der Waals surface area contributed by atoms with Gasteiger partial charge >= 0.3 is 0 Å². The van der Waals surface area contributed by atoms with Crippen LogP contribution in [-0.4, -0.2) is 39.6 Å². The number of carbonyl (C=O) groups excluding carboxylic acids is 2. The average Bonchev–Trinajstić information content (AvgIpc) is 3.14. The van der Waals surface area contributed by atoms with Gasteiger partial charge in [-0.3, -0.25) is 9.59 Å². The third-order valence-electron chi connectivity index (χ3n) is 5.88. The van der Waals surface area contributed by atoms with E-state index in [1.807, 2.05) is 62.1 Å². The molecule has 2 aromatic carbocycles. The molecule has 2 heterocycles. The average molecular weight is 431 g/mol. The third kappa shape index (κ3) is 5.07. The van der Waals surface area contributed by atoms with Gasteiger partial charge in [-0.15, -0.1) is 0 Å². The summed E-state index contributed by atoms with van der Waals surface area (Å²) in [5.74, 6) is 0.439. The highest BCUT2D eigenvalue weighted by Crippen LogP contribution is 2.23. The Morgan fingerprint density at radius 2 is 1.75 bits per heavy atom. The second-order valence-electron chi connectivity index (χ2n) is 8.76. The van der Waals surface area contributed by atoms with Crippen LogP contribution in [0.5, 0.6) is 0 Å². The van der Waals surface area contributed by atoms with E-state index in [9.17, 15) is 9.59 Å². The minimum absolute atomic E-state index is 0.0623. The fourth-order valence-corrected chi connectivity index (χ4v) is 4.39. The van der Waals surface area contributed by atoms with E-state index < -0.39 is 0 Å². The zero-order valence-electron chi connectivity index (χ0n) is 19.0. The van der Waals surface area contributed by atoms with Crippen LogP contribution in [0.25, 0.3) is 5.69 Å². The molecule has 0 radical (unpaired) electrons. The van der Waals surface area contributed by atoms with Gasteiger partial charge in [0.1, 0.15) is 5.82 Å². The van der Waals surface area contributed by atoms with Crippen molar-refractivity contribution in [3.8, 4) is 5.69 Å². The number of piperidine rings is 1. The first-order chi connectivity index (χ1) is 15.4. The highest BCUT2D eigenvalue weighted by atomic mass is 16.2. The Balaban J connectivity index is 1.45. The van der Waals surface area contributed by atoms with Crippen LogP contribution in [0.1, 0.15) is 35.2 Å². The molecule has 6 heteroatoms. The van der Waals surface area contributed by atoms with Gasteiger partial charge in [-0.1, -0.05) is 36.4 Å². The molecule has 2 amide bonds. The molecule has 0 bridgehead atoms. The molecule has 1 saturated heterocycles. The smallest absolute Gasteiger partial charge is 0.230 e. The van der Waals surface area contributed by atoms with Crippen LogP contribution in [0, 0.1) is 26.7 Å². The molecular weight excluding hydrogens is 400 g/mol. The van der Waals surface area contributed by atoms with E-state index in [0.29, 0.717) is 25.3 Å². The largest absolute Gasteiger partial charge is 0.342 e. The Morgan fingerprint density at radius 3 is 2.47 bits per heavy atom. The molecular formula is C26H30N4O2. The summed E-state index contributed by atoms with van der Waals surface area (Å²) in [6.07, 6.45) is 1.97. The van der Waals surface area contributed by atoms with Gasteiger partial charge in [0.25, 0.3) is 0 Å². The first-order valence-electron chi connectivity index (χ1n) is 11.2. The second kappa shape index (κ2) is 9.39. The molecule has 3 aromatic rings. The number of aryl methyl sites for hydroxylation is 3. The lowest BCUT2D eigenvalue weighted by atomic mass is 9.96. The number of rotatable bonds is 5. The van der Waals surface area contributed by atoms with Crippen molar-refractivity contribution in [2.45, 2.75) is 40.0 Å². The van der Waals surface area contributed by atoms with Crippen LogP contribution in [0.3, 0.4) is 0 Å². The molecule has 0 aliphatic carbocycles. The van der Waals surface area contributed by atoms with Crippen LogP contribution in [0.15, 0.2) is 54.6 Å². The predicted molar refractivity (Wildman–Crippen MR) is 126 cm³/mol. The van der Waals surface area contributed by atoms with Gasteiger partial charge in [0.15, 0.2) is 0 Å². The Morgan fingerprint density at radius 1 is 1.03 bits per heavy atom. The summed E-state index contributed by atoms with van der Waals surface area (Å²) in [5, 5.41) is 7.66. The third-order valence-corrected chi connectivity index (χ3v) is 5.88. The lowest BCUT2D eigenvalue weighted by Gasteiger charge is -2.32. The van der Waals surface area contributed by atoms with E-state index in [-0.39, 0.29) is 17.7 Å². The number of anilines is 1. The van der Waals surface area contributed by atoms with E-state index in [4.69, 9.17) is 0 Å². The number of amides is 2. The number of benzene rings is 2. The molecule has 1 unspecified atom stereocenters. The summed E-state index contributed by atoms with van der Waals surface area (Å²) in [6.45, 7) is 7.17. The van der Waals surface area contributed by atoms with Crippen LogP contribution in [-0.2, 0) is 16.0 Å². The van der Waals surface area contributed by atoms with Crippen molar-refractivity contribution in [2.75, 3.05) is 18.4 Å². The first kappa shape index (κ1) is 21.8. The van der Waals surface area contributed by atoms with Crippen LogP contribution >= 0.6 is 0 Å². The molecule has 1 aliphatic rings. The number of aromatic nitrogens is 2. The Bertz CT molecular complexity index is 1100. The number of nitrogens with one attached hydrogen (secondary N) is 1. The van der Waals surface area contributed by atoms with Crippen LogP contribution < -0.4 is 5.32 Å². The van der Waals surface area contributed by atoms with Gasteiger partial charge < -0.3 is 10.2 Å². The van der Waals surface area contributed by atoms with Crippen LogP contribution in [0.4, 0.5) is 5.82 Å². The zero-order chi connectivity index (χ0) is 22.7. The molecule has 1 atom stereocenters. The fraction of sp³-hybridized carbons (Fsp3) is 0.346. The Hall–Kier alpha value is -3.41. The molecule has 1 aromatic heterocycles. The lowest BCUT2D eigenvalue weighted by Crippen LogP contribution is -2.44. The summed E-state index contributed by atoms with van der Waals surface area (Å²) in [4.78, 5) is 27.7. The maximum absolute atomic E-state index is 13.1. The van der Waals surface area contributed by atoms with E-state index in [1.54, 1.807) is 4.68 Å². The van der Waals surface area contributed by atoms with Crippen LogP contribution in [0.2, 0.25) is 0 Å². The Kier molecular flexibility index (Phi) is 6.40. The van der Waals surface area contributed by atoms with Gasteiger partial charge in [0.2, 0.25) is 11.8 Å². The highest BCUT2D eigenvalue weighted by Gasteiger charge is 2.29. The van der Waals surface area contributed by atoms with Gasteiger partial charge in [0, 0.05) is 19.2 Å². The van der Waals surface area contributed by atoms with Gasteiger partial charge in [-0.2, -0.15) is 5.10 Å². The molecule has 32 heavy (non-hydrogen) atoms. The Labute approximate surface area is 189 Å². The molecule has 1 aliphatic heterocycles. The number of hydrogen-bond donors (Lipinski definition) is 1. The number of nitrogens with zero attached hydrogens (tertiary/aromatic N) is 3. The van der Waals surface area contributed by atoms with E-state index in [1.165, 1.54) is 0 Å². The standard InChI is InChI=1S/C26H30N4O2/c1-18-12-19(2)14-23(13-18)30-24(15-20(3)28-30)27-26(32)22-10-7-11-29(17-22)25(31)16-21-8-5-4-6-9-21/h4-6,8-9,12-15,22H,7,10-11,16-17H2,1-3H3,(H,27,32). The van der Waals surface area contributed by atoms with Crippen molar-refractivity contribution < 1.29 is 9.59 Å². The maximum Gasteiger partial charge on any atom is 0.230 e. The first-order valence-corrected chi connectivity index (χ1v) is 11.2. The lowest BCUT2D eigenvalue weighted by molar-refractivity contribution is -0.133. The van der Waals surface area contributed by atoms with Gasteiger partial charge in [-0.25, -0.2) is 4.68 Å². The predicted octanol–water partition coefficient (Wildman–Crippen LogP) is 4.22. The van der Waals surface area contributed by atoms with Gasteiger partial charge in [-0.05, 0) is 62.4 Å². The molecule has 0 spiro atoms. The molecule has 1 fully saturated rings. The van der Waals surface area contributed by atoms with Gasteiger partial charge in [0.05, 0.1) is 23.7 Å². The normalized spacial score (nSPS) is 16.1. The van der Waals surface area contributed by atoms with Crippen molar-refractivity contribution >= 4 is 17.6 Å². The maximum atomic E-state index is 13.1. The highest BCUT2D eigenvalue weighted by molar-refractivity contribution is 5.93. The topological polar surface area (TPSA) is 67.2 Å². The SMILES string of the molecule is Cc1cc(C)cc(-n2nc(C)cc2NC(=O)C2CCCN(C(=O)Cc3ccccc3)C2)c1. The van der Waals surface area contributed by atoms with Crippen molar-refractivity contribution in [1.29, 1.82) is 0 Å². The number of likely N-dealkylation sites (tertiary alicyclic amines) is 1. The number of carbonyl (C=O) groups is 2. The summed E-state index contributed by atoms with van der Waals surface area (Å²) < 4.78 is 1.79. The summed E-state index contributed by atoms with van der Waals surface area (Å²) in [5.41, 5.74) is 5.05. The molecule has 6 nitrogen and oxygen atoms in total. The molecule has 4 rings (SSSR count).